The number of ether oxygens (including phenoxy) is 1. The van der Waals surface area contributed by atoms with Crippen molar-refractivity contribution >= 4 is 34.7 Å². The molecule has 36 heavy (non-hydrogen) atoms. The SMILES string of the molecule is CC1CCC2(CC1)NC(=O)N(NC(=O)COC(=O)c1ccc3c(=O)n4c(nc3c1)CCCCC4)C2=O. The number of esters is 1. The number of nitrogens with one attached hydrogen (secondary N) is 2. The van der Waals surface area contributed by atoms with Crippen molar-refractivity contribution in [2.45, 2.75) is 70.4 Å². The molecule has 0 unspecified atom stereocenters. The Balaban J connectivity index is 1.23. The Bertz CT molecular complexity index is 1310. The summed E-state index contributed by atoms with van der Waals surface area (Å²) in [6.07, 6.45) is 6.26. The second-order valence-corrected chi connectivity index (χ2v) is 9.97. The Labute approximate surface area is 207 Å². The van der Waals surface area contributed by atoms with Gasteiger partial charge in [0.25, 0.3) is 17.4 Å². The zero-order valence-electron chi connectivity index (χ0n) is 20.2. The minimum Gasteiger partial charge on any atom is -0.452 e. The van der Waals surface area contributed by atoms with Gasteiger partial charge < -0.3 is 10.1 Å². The van der Waals surface area contributed by atoms with Crippen LogP contribution in [0.15, 0.2) is 23.0 Å². The Kier molecular flexibility index (Phi) is 6.23. The van der Waals surface area contributed by atoms with Gasteiger partial charge in [-0.05, 0) is 62.6 Å². The van der Waals surface area contributed by atoms with E-state index in [1.807, 2.05) is 0 Å². The standard InChI is InChI=1S/C25H29N5O6/c1-15-8-10-25(11-9-15)23(34)30(24(35)27-25)28-20(31)14-36-22(33)16-6-7-17-18(13-16)26-19-5-3-2-4-12-29(19)21(17)32/h6-7,13,15H,2-5,8-12,14H2,1H3,(H,27,35)(H,28,31). The number of urea groups is 1. The summed E-state index contributed by atoms with van der Waals surface area (Å²) >= 11 is 0. The molecule has 2 fully saturated rings. The zero-order valence-corrected chi connectivity index (χ0v) is 20.2. The number of imide groups is 1. The lowest BCUT2D eigenvalue weighted by Crippen LogP contribution is -2.52. The van der Waals surface area contributed by atoms with Gasteiger partial charge >= 0.3 is 12.0 Å². The smallest absolute Gasteiger partial charge is 0.344 e. The third-order valence-electron chi connectivity index (χ3n) is 7.41. The van der Waals surface area contributed by atoms with Crippen LogP contribution in [0, 0.1) is 5.92 Å². The van der Waals surface area contributed by atoms with Crippen LogP contribution in [0.5, 0.6) is 0 Å². The molecule has 2 N–H and O–H groups in total. The highest BCUT2D eigenvalue weighted by atomic mass is 16.5. The van der Waals surface area contributed by atoms with Crippen molar-refractivity contribution in [2.75, 3.05) is 6.61 Å². The Morgan fingerprint density at radius 3 is 2.72 bits per heavy atom. The minimum absolute atomic E-state index is 0.130. The second-order valence-electron chi connectivity index (χ2n) is 9.97. The monoisotopic (exact) mass is 495 g/mol. The summed E-state index contributed by atoms with van der Waals surface area (Å²) in [6.45, 7) is 2.05. The number of aromatic nitrogens is 2. The minimum atomic E-state index is -0.984. The molecule has 1 aromatic carbocycles. The first kappa shape index (κ1) is 24.0. The summed E-state index contributed by atoms with van der Waals surface area (Å²) in [5.74, 6) is -0.907. The molecule has 11 nitrogen and oxygen atoms in total. The molecular weight excluding hydrogens is 466 g/mol. The molecule has 1 saturated carbocycles. The number of aryl methyl sites for hydroxylation is 1. The van der Waals surface area contributed by atoms with Crippen LogP contribution in [0.2, 0.25) is 0 Å². The number of carbonyl (C=O) groups is 4. The van der Waals surface area contributed by atoms with Crippen molar-refractivity contribution < 1.29 is 23.9 Å². The van der Waals surface area contributed by atoms with Crippen LogP contribution in [0.4, 0.5) is 4.79 Å². The van der Waals surface area contributed by atoms with Gasteiger partial charge in [-0.1, -0.05) is 13.3 Å². The first-order chi connectivity index (χ1) is 17.3. The second kappa shape index (κ2) is 9.36. The average Bonchev–Trinajstić information content (AvgIpc) is 3.02. The summed E-state index contributed by atoms with van der Waals surface area (Å²) < 4.78 is 6.80. The summed E-state index contributed by atoms with van der Waals surface area (Å²) in [4.78, 5) is 67.6. The molecule has 2 aliphatic heterocycles. The molecule has 4 amide bonds. The number of hydrogen-bond donors (Lipinski definition) is 2. The van der Waals surface area contributed by atoms with Gasteiger partial charge in [0.05, 0.1) is 16.5 Å². The van der Waals surface area contributed by atoms with Crippen LogP contribution in [0.1, 0.15) is 68.1 Å². The number of benzene rings is 1. The predicted octanol–water partition coefficient (Wildman–Crippen LogP) is 1.81. The fourth-order valence-electron chi connectivity index (χ4n) is 5.23. The highest BCUT2D eigenvalue weighted by Crippen LogP contribution is 2.35. The largest absolute Gasteiger partial charge is 0.452 e. The molecule has 1 saturated heterocycles. The van der Waals surface area contributed by atoms with Crippen LogP contribution in [-0.4, -0.2) is 50.5 Å². The van der Waals surface area contributed by atoms with Crippen molar-refractivity contribution in [2.24, 2.45) is 5.92 Å². The topological polar surface area (TPSA) is 140 Å². The number of carbonyl (C=O) groups excluding carboxylic acids is 4. The number of hydrogen-bond acceptors (Lipinski definition) is 7. The Morgan fingerprint density at radius 1 is 1.17 bits per heavy atom. The van der Waals surface area contributed by atoms with E-state index >= 15 is 0 Å². The molecule has 1 aliphatic carbocycles. The maximum Gasteiger partial charge on any atom is 0.344 e. The van der Waals surface area contributed by atoms with Crippen LogP contribution in [0.3, 0.4) is 0 Å². The molecule has 1 aromatic heterocycles. The van der Waals surface area contributed by atoms with Gasteiger partial charge in [0.1, 0.15) is 11.4 Å². The van der Waals surface area contributed by atoms with Crippen molar-refractivity contribution in [3.63, 3.8) is 0 Å². The molecule has 190 valence electrons. The van der Waals surface area contributed by atoms with E-state index in [0.717, 1.165) is 32.1 Å². The van der Waals surface area contributed by atoms with Gasteiger partial charge in [-0.25, -0.2) is 14.6 Å². The molecule has 0 radical (unpaired) electrons. The highest BCUT2D eigenvalue weighted by molar-refractivity contribution is 6.08. The number of hydrazine groups is 1. The predicted molar refractivity (Wildman–Crippen MR) is 128 cm³/mol. The van der Waals surface area contributed by atoms with Crippen molar-refractivity contribution in [1.29, 1.82) is 0 Å². The van der Waals surface area contributed by atoms with Crippen LogP contribution >= 0.6 is 0 Å². The summed E-state index contributed by atoms with van der Waals surface area (Å²) in [6, 6.07) is 3.78. The van der Waals surface area contributed by atoms with Crippen LogP contribution < -0.4 is 16.3 Å². The Morgan fingerprint density at radius 2 is 1.94 bits per heavy atom. The molecular formula is C25H29N5O6. The third-order valence-corrected chi connectivity index (χ3v) is 7.41. The van der Waals surface area contributed by atoms with Gasteiger partial charge in [-0.3, -0.25) is 24.4 Å². The lowest BCUT2D eigenvalue weighted by atomic mass is 9.77. The number of rotatable bonds is 4. The summed E-state index contributed by atoms with van der Waals surface area (Å²) in [5.41, 5.74) is 1.68. The highest BCUT2D eigenvalue weighted by Gasteiger charge is 2.52. The number of nitrogens with zero attached hydrogens (tertiary/aromatic N) is 3. The zero-order chi connectivity index (χ0) is 25.4. The molecule has 2 aromatic rings. The summed E-state index contributed by atoms with van der Waals surface area (Å²) in [7, 11) is 0. The van der Waals surface area contributed by atoms with Crippen LogP contribution in [0.25, 0.3) is 10.9 Å². The van der Waals surface area contributed by atoms with Crippen molar-refractivity contribution in [1.82, 2.24) is 25.3 Å². The van der Waals surface area contributed by atoms with E-state index in [4.69, 9.17) is 4.74 Å². The van der Waals surface area contributed by atoms with E-state index in [0.29, 0.717) is 53.5 Å². The van der Waals surface area contributed by atoms with Gasteiger partial charge in [0, 0.05) is 13.0 Å². The van der Waals surface area contributed by atoms with E-state index in [9.17, 15) is 24.0 Å². The average molecular weight is 496 g/mol. The molecule has 3 aliphatic rings. The molecule has 0 atom stereocenters. The van der Waals surface area contributed by atoms with E-state index in [1.165, 1.54) is 18.2 Å². The fourth-order valence-corrected chi connectivity index (χ4v) is 5.23. The van der Waals surface area contributed by atoms with Crippen molar-refractivity contribution in [3.8, 4) is 0 Å². The lowest BCUT2D eigenvalue weighted by molar-refractivity contribution is -0.141. The molecule has 3 heterocycles. The van der Waals surface area contributed by atoms with E-state index in [1.54, 1.807) is 4.57 Å². The van der Waals surface area contributed by atoms with Gasteiger partial charge in [0.15, 0.2) is 6.61 Å². The third kappa shape index (κ3) is 4.33. The lowest BCUT2D eigenvalue weighted by Gasteiger charge is -2.33. The first-order valence-electron chi connectivity index (χ1n) is 12.4. The van der Waals surface area contributed by atoms with Gasteiger partial charge in [-0.2, -0.15) is 5.01 Å². The maximum absolute atomic E-state index is 12.9. The van der Waals surface area contributed by atoms with Crippen molar-refractivity contribution in [3.05, 3.63) is 39.9 Å². The molecule has 0 bridgehead atoms. The quantitative estimate of drug-likeness (QED) is 0.487. The van der Waals surface area contributed by atoms with Gasteiger partial charge in [0.2, 0.25) is 0 Å². The van der Waals surface area contributed by atoms with E-state index in [2.05, 4.69) is 22.7 Å². The fraction of sp³-hybridized carbons (Fsp3) is 0.520. The van der Waals surface area contributed by atoms with Gasteiger partial charge in [-0.15, -0.1) is 0 Å². The number of fused-ring (bicyclic) bond motifs is 2. The normalized spacial score (nSPS) is 23.8. The van der Waals surface area contributed by atoms with E-state index < -0.39 is 36.0 Å². The van der Waals surface area contributed by atoms with Crippen LogP contribution in [-0.2, 0) is 27.3 Å². The number of amides is 4. The Hall–Kier alpha value is -3.76. The summed E-state index contributed by atoms with van der Waals surface area (Å²) in [5, 5.41) is 3.80. The maximum atomic E-state index is 12.9. The molecule has 11 heteroatoms. The first-order valence-corrected chi connectivity index (χ1v) is 12.4. The molecule has 5 rings (SSSR count). The van der Waals surface area contributed by atoms with E-state index in [-0.39, 0.29) is 11.1 Å². The molecule has 1 spiro atoms.